The Labute approximate surface area is 89.5 Å². The summed E-state index contributed by atoms with van der Waals surface area (Å²) in [6.45, 7) is 2.05. The van der Waals surface area contributed by atoms with E-state index >= 15 is 0 Å². The first kappa shape index (κ1) is 9.19. The minimum atomic E-state index is -0.391. The molecule has 3 rings (SSSR count). The fourth-order valence-corrected chi connectivity index (χ4v) is 2.95. The Kier molecular flexibility index (Phi) is 1.97. The average Bonchev–Trinajstić information content (AvgIpc) is 2.66. The highest BCUT2D eigenvalue weighted by Crippen LogP contribution is 2.39. The Balaban J connectivity index is 2.08. The second-order valence-electron chi connectivity index (χ2n) is 4.54. The fourth-order valence-electron chi connectivity index (χ4n) is 2.95. The summed E-state index contributed by atoms with van der Waals surface area (Å²) < 4.78 is 0. The summed E-state index contributed by atoms with van der Waals surface area (Å²) in [5.41, 5.74) is 8.85. The van der Waals surface area contributed by atoms with Crippen LogP contribution in [0.3, 0.4) is 0 Å². The molecule has 0 aliphatic carbocycles. The minimum Gasteiger partial charge on any atom is -0.398 e. The van der Waals surface area contributed by atoms with Crippen molar-refractivity contribution in [1.29, 1.82) is 0 Å². The number of fused-ring (bicyclic) bond motifs is 2. The molecule has 2 heterocycles. The van der Waals surface area contributed by atoms with Crippen LogP contribution in [-0.2, 0) is 6.54 Å². The van der Waals surface area contributed by atoms with Crippen LogP contribution in [0.2, 0.25) is 0 Å². The number of nitrogens with zero attached hydrogens (tertiary/aromatic N) is 1. The quantitative estimate of drug-likeness (QED) is 0.626. The average molecular weight is 204 g/mol. The molecule has 2 aliphatic heterocycles. The Morgan fingerprint density at radius 2 is 2.27 bits per heavy atom. The number of hydrogen-bond acceptors (Lipinski definition) is 3. The second kappa shape index (κ2) is 3.22. The minimum absolute atomic E-state index is 0.294. The van der Waals surface area contributed by atoms with Crippen molar-refractivity contribution in [2.24, 2.45) is 0 Å². The third kappa shape index (κ3) is 1.27. The van der Waals surface area contributed by atoms with E-state index in [1.54, 1.807) is 0 Å². The van der Waals surface area contributed by atoms with Gasteiger partial charge in [0.2, 0.25) is 0 Å². The third-order valence-electron chi connectivity index (χ3n) is 3.68. The highest BCUT2D eigenvalue weighted by molar-refractivity contribution is 5.53. The van der Waals surface area contributed by atoms with Gasteiger partial charge in [0.15, 0.2) is 0 Å². The van der Waals surface area contributed by atoms with E-state index in [1.165, 1.54) is 12.0 Å². The van der Waals surface area contributed by atoms with Gasteiger partial charge in [-0.25, -0.2) is 0 Å². The van der Waals surface area contributed by atoms with Gasteiger partial charge in [-0.2, -0.15) is 0 Å². The van der Waals surface area contributed by atoms with Crippen LogP contribution in [0.5, 0.6) is 0 Å². The van der Waals surface area contributed by atoms with Crippen molar-refractivity contribution in [3.05, 3.63) is 29.3 Å². The van der Waals surface area contributed by atoms with Crippen LogP contribution in [0.1, 0.15) is 30.1 Å². The van der Waals surface area contributed by atoms with Gasteiger partial charge in [0.25, 0.3) is 0 Å². The Hall–Kier alpha value is -1.06. The molecule has 1 aromatic carbocycles. The summed E-state index contributed by atoms with van der Waals surface area (Å²) in [5.74, 6) is 0. The van der Waals surface area contributed by atoms with Gasteiger partial charge >= 0.3 is 0 Å². The van der Waals surface area contributed by atoms with Crippen LogP contribution in [0.15, 0.2) is 18.2 Å². The molecular weight excluding hydrogens is 188 g/mol. The topological polar surface area (TPSA) is 49.5 Å². The molecule has 80 valence electrons. The number of aliphatic hydroxyl groups is 1. The Morgan fingerprint density at radius 3 is 3.13 bits per heavy atom. The van der Waals surface area contributed by atoms with E-state index in [0.29, 0.717) is 6.04 Å². The lowest BCUT2D eigenvalue weighted by atomic mass is 9.90. The molecule has 1 unspecified atom stereocenters. The van der Waals surface area contributed by atoms with Crippen molar-refractivity contribution in [2.75, 3.05) is 12.3 Å². The number of nitrogens with two attached hydrogens (primary N) is 1. The van der Waals surface area contributed by atoms with Crippen LogP contribution in [0.25, 0.3) is 0 Å². The molecule has 0 spiro atoms. The van der Waals surface area contributed by atoms with Gasteiger partial charge in [-0.05, 0) is 31.0 Å². The van der Waals surface area contributed by atoms with E-state index in [2.05, 4.69) is 11.0 Å². The highest BCUT2D eigenvalue weighted by Gasteiger charge is 2.37. The maximum absolute atomic E-state index is 10.3. The van der Waals surface area contributed by atoms with Crippen molar-refractivity contribution in [2.45, 2.75) is 31.5 Å². The smallest absolute Gasteiger partial charge is 0.0968 e. The molecule has 2 atom stereocenters. The SMILES string of the molecule is Nc1cccc2c1C(O)[C@H]1CCCN1C2. The number of benzene rings is 1. The van der Waals surface area contributed by atoms with E-state index in [9.17, 15) is 5.11 Å². The van der Waals surface area contributed by atoms with Crippen molar-refractivity contribution in [1.82, 2.24) is 4.90 Å². The van der Waals surface area contributed by atoms with E-state index in [-0.39, 0.29) is 0 Å². The van der Waals surface area contributed by atoms with E-state index in [1.807, 2.05) is 12.1 Å². The van der Waals surface area contributed by atoms with Crippen LogP contribution in [0, 0.1) is 0 Å². The molecule has 0 aromatic heterocycles. The van der Waals surface area contributed by atoms with Gasteiger partial charge in [0, 0.05) is 23.8 Å². The summed E-state index contributed by atoms with van der Waals surface area (Å²) in [6, 6.07) is 6.22. The molecule has 0 bridgehead atoms. The van der Waals surface area contributed by atoms with E-state index in [0.717, 1.165) is 30.8 Å². The molecule has 1 aromatic rings. The van der Waals surface area contributed by atoms with Gasteiger partial charge in [-0.15, -0.1) is 0 Å². The van der Waals surface area contributed by atoms with Gasteiger partial charge in [-0.1, -0.05) is 12.1 Å². The first-order chi connectivity index (χ1) is 7.27. The van der Waals surface area contributed by atoms with Crippen molar-refractivity contribution in [3.8, 4) is 0 Å². The van der Waals surface area contributed by atoms with Crippen molar-refractivity contribution < 1.29 is 5.11 Å². The lowest BCUT2D eigenvalue weighted by molar-refractivity contribution is 0.0540. The zero-order chi connectivity index (χ0) is 10.4. The normalized spacial score (nSPS) is 29.9. The molecule has 0 saturated carbocycles. The van der Waals surface area contributed by atoms with Gasteiger partial charge in [-0.3, -0.25) is 4.90 Å². The van der Waals surface area contributed by atoms with Gasteiger partial charge in [0.05, 0.1) is 6.10 Å². The highest BCUT2D eigenvalue weighted by atomic mass is 16.3. The summed E-state index contributed by atoms with van der Waals surface area (Å²) in [5, 5.41) is 10.3. The predicted octanol–water partition coefficient (Wildman–Crippen LogP) is 1.28. The molecule has 1 saturated heterocycles. The zero-order valence-corrected chi connectivity index (χ0v) is 8.69. The predicted molar refractivity (Wildman–Crippen MR) is 59.2 cm³/mol. The molecular formula is C12H16N2O. The lowest BCUT2D eigenvalue weighted by Crippen LogP contribution is -2.39. The van der Waals surface area contributed by atoms with Crippen molar-refractivity contribution in [3.63, 3.8) is 0 Å². The maximum Gasteiger partial charge on any atom is 0.0968 e. The standard InChI is InChI=1S/C12H16N2O/c13-9-4-1-3-8-7-14-6-2-5-10(14)12(15)11(8)9/h1,3-4,10,12,15H,2,5-7,13H2/t10-,12?/m1/s1. The van der Waals surface area contributed by atoms with Crippen LogP contribution in [-0.4, -0.2) is 22.6 Å². The van der Waals surface area contributed by atoms with Gasteiger partial charge < -0.3 is 10.8 Å². The maximum atomic E-state index is 10.3. The summed E-state index contributed by atoms with van der Waals surface area (Å²) in [4.78, 5) is 2.37. The third-order valence-corrected chi connectivity index (χ3v) is 3.68. The molecule has 1 fully saturated rings. The second-order valence-corrected chi connectivity index (χ2v) is 4.54. The monoisotopic (exact) mass is 204 g/mol. The molecule has 3 heteroatoms. The number of hydrogen-bond donors (Lipinski definition) is 2. The largest absolute Gasteiger partial charge is 0.398 e. The van der Waals surface area contributed by atoms with E-state index < -0.39 is 6.10 Å². The molecule has 3 nitrogen and oxygen atoms in total. The van der Waals surface area contributed by atoms with Crippen LogP contribution in [0.4, 0.5) is 5.69 Å². The van der Waals surface area contributed by atoms with E-state index in [4.69, 9.17) is 5.73 Å². The Bertz CT molecular complexity index is 391. The molecule has 0 amide bonds. The summed E-state index contributed by atoms with van der Waals surface area (Å²) in [7, 11) is 0. The van der Waals surface area contributed by atoms with Crippen LogP contribution < -0.4 is 5.73 Å². The molecule has 3 N–H and O–H groups in total. The van der Waals surface area contributed by atoms with Gasteiger partial charge in [0.1, 0.15) is 0 Å². The number of anilines is 1. The zero-order valence-electron chi connectivity index (χ0n) is 8.69. The summed E-state index contributed by atoms with van der Waals surface area (Å²) >= 11 is 0. The molecule has 2 aliphatic rings. The molecule has 15 heavy (non-hydrogen) atoms. The first-order valence-electron chi connectivity index (χ1n) is 5.57. The molecule has 0 radical (unpaired) electrons. The number of aliphatic hydroxyl groups excluding tert-OH is 1. The Morgan fingerprint density at radius 1 is 1.40 bits per heavy atom. The first-order valence-corrected chi connectivity index (χ1v) is 5.57. The summed E-state index contributed by atoms with van der Waals surface area (Å²) in [6.07, 6.45) is 1.89. The fraction of sp³-hybridized carbons (Fsp3) is 0.500. The van der Waals surface area contributed by atoms with Crippen molar-refractivity contribution >= 4 is 5.69 Å². The van der Waals surface area contributed by atoms with Crippen LogP contribution >= 0.6 is 0 Å². The number of nitrogen functional groups attached to an aromatic ring is 1. The lowest BCUT2D eigenvalue weighted by Gasteiger charge is -2.36. The number of rotatable bonds is 0.